The van der Waals surface area contributed by atoms with Crippen molar-refractivity contribution in [3.63, 3.8) is 0 Å². The van der Waals surface area contributed by atoms with Gasteiger partial charge in [-0.05, 0) is 18.9 Å². The number of allylic oxidation sites excluding steroid dienone is 2. The molecule has 6 heteroatoms. The number of carboxylic acids is 1. The maximum Gasteiger partial charge on any atom is 0.326 e. The molecule has 0 bridgehead atoms. The Morgan fingerprint density at radius 3 is 2.90 bits per heavy atom. The normalized spacial score (nSPS) is 26.6. The lowest BCUT2D eigenvalue weighted by atomic mass is 9.78. The van der Waals surface area contributed by atoms with E-state index < -0.39 is 16.9 Å². The highest BCUT2D eigenvalue weighted by Gasteiger charge is 2.44. The Hall–Kier alpha value is -2.37. The summed E-state index contributed by atoms with van der Waals surface area (Å²) in [6, 6.07) is 2.45. The van der Waals surface area contributed by atoms with E-state index in [1.807, 2.05) is 19.1 Å². The number of anilines is 1. The first kappa shape index (κ1) is 12.7. The van der Waals surface area contributed by atoms with E-state index in [0.717, 1.165) is 5.56 Å². The van der Waals surface area contributed by atoms with Gasteiger partial charge in [-0.1, -0.05) is 18.2 Å². The maximum atomic E-state index is 11.4. The largest absolute Gasteiger partial charge is 0.480 e. The number of benzene rings is 1. The molecule has 0 unspecified atom stereocenters. The SMILES string of the molecule is Cc1ccc([N+](=O)[O-])c2c1N[C@H](C(=O)O)[C@@H]1CC=C[C@@H]21. The molecule has 2 N–H and O–H groups in total. The zero-order valence-electron chi connectivity index (χ0n) is 10.9. The molecule has 2 aliphatic rings. The lowest BCUT2D eigenvalue weighted by Crippen LogP contribution is -2.42. The van der Waals surface area contributed by atoms with E-state index in [2.05, 4.69) is 5.32 Å². The number of nitrogens with one attached hydrogen (secondary N) is 1. The summed E-state index contributed by atoms with van der Waals surface area (Å²) in [7, 11) is 0. The van der Waals surface area contributed by atoms with Gasteiger partial charge in [0, 0.05) is 23.6 Å². The highest BCUT2D eigenvalue weighted by atomic mass is 16.6. The molecule has 0 fully saturated rings. The summed E-state index contributed by atoms with van der Waals surface area (Å²) in [4.78, 5) is 22.2. The quantitative estimate of drug-likeness (QED) is 0.491. The number of rotatable bonds is 2. The summed E-state index contributed by atoms with van der Waals surface area (Å²) in [5.41, 5.74) is 2.10. The van der Waals surface area contributed by atoms with Gasteiger partial charge in [-0.2, -0.15) is 0 Å². The van der Waals surface area contributed by atoms with Gasteiger partial charge < -0.3 is 10.4 Å². The van der Waals surface area contributed by atoms with Crippen LogP contribution in [0.2, 0.25) is 0 Å². The van der Waals surface area contributed by atoms with Crippen molar-refractivity contribution in [2.45, 2.75) is 25.3 Å². The second kappa shape index (κ2) is 4.33. The van der Waals surface area contributed by atoms with Crippen LogP contribution in [0.15, 0.2) is 24.3 Å². The van der Waals surface area contributed by atoms with Gasteiger partial charge in [-0.3, -0.25) is 10.1 Å². The van der Waals surface area contributed by atoms with E-state index in [0.29, 0.717) is 17.7 Å². The number of carboxylic acid groups (broad SMARTS) is 1. The molecule has 0 amide bonds. The van der Waals surface area contributed by atoms with Crippen LogP contribution in [0, 0.1) is 23.0 Å². The molecule has 0 saturated heterocycles. The Balaban J connectivity index is 2.22. The lowest BCUT2D eigenvalue weighted by Gasteiger charge is -2.35. The van der Waals surface area contributed by atoms with Crippen LogP contribution >= 0.6 is 0 Å². The van der Waals surface area contributed by atoms with Crippen LogP contribution in [0.5, 0.6) is 0 Å². The molecule has 3 rings (SSSR count). The zero-order chi connectivity index (χ0) is 14.4. The fourth-order valence-electron chi connectivity index (χ4n) is 3.24. The van der Waals surface area contributed by atoms with Crippen LogP contribution in [0.1, 0.15) is 23.5 Å². The van der Waals surface area contributed by atoms with Gasteiger partial charge in [0.25, 0.3) is 5.69 Å². The van der Waals surface area contributed by atoms with Crippen molar-refractivity contribution < 1.29 is 14.8 Å². The van der Waals surface area contributed by atoms with Crippen LogP contribution in [0.4, 0.5) is 11.4 Å². The summed E-state index contributed by atoms with van der Waals surface area (Å²) in [5.74, 6) is -1.28. The third-order valence-corrected chi connectivity index (χ3v) is 4.17. The number of aryl methyl sites for hydroxylation is 1. The summed E-state index contributed by atoms with van der Waals surface area (Å²) in [6.07, 6.45) is 4.43. The van der Waals surface area contributed by atoms with Crippen LogP contribution in [-0.4, -0.2) is 22.0 Å². The number of nitro benzene ring substituents is 1. The van der Waals surface area contributed by atoms with E-state index in [1.54, 1.807) is 6.07 Å². The van der Waals surface area contributed by atoms with Gasteiger partial charge in [0.1, 0.15) is 6.04 Å². The van der Waals surface area contributed by atoms with Crippen molar-refractivity contribution in [3.05, 3.63) is 45.5 Å². The van der Waals surface area contributed by atoms with Crippen molar-refractivity contribution in [2.75, 3.05) is 5.32 Å². The molecule has 1 aliphatic heterocycles. The molecule has 6 nitrogen and oxygen atoms in total. The molecular formula is C14H14N2O4. The molecule has 0 spiro atoms. The molecule has 0 radical (unpaired) electrons. The molecule has 3 atom stereocenters. The molecule has 1 aromatic rings. The fraction of sp³-hybridized carbons (Fsp3) is 0.357. The molecule has 104 valence electrons. The summed E-state index contributed by atoms with van der Waals surface area (Å²) in [6.45, 7) is 1.83. The van der Waals surface area contributed by atoms with Crippen LogP contribution in [0.3, 0.4) is 0 Å². The third-order valence-electron chi connectivity index (χ3n) is 4.17. The average molecular weight is 274 g/mol. The van der Waals surface area contributed by atoms with Gasteiger partial charge in [-0.15, -0.1) is 0 Å². The van der Waals surface area contributed by atoms with Crippen LogP contribution < -0.4 is 5.32 Å². The topological polar surface area (TPSA) is 92.5 Å². The lowest BCUT2D eigenvalue weighted by molar-refractivity contribution is -0.385. The van der Waals surface area contributed by atoms with E-state index in [9.17, 15) is 20.0 Å². The second-order valence-electron chi connectivity index (χ2n) is 5.26. The number of nitro groups is 1. The highest BCUT2D eigenvalue weighted by Crippen LogP contribution is 2.49. The molecule has 1 aromatic carbocycles. The number of aliphatic carboxylic acids is 1. The Morgan fingerprint density at radius 1 is 1.50 bits per heavy atom. The highest BCUT2D eigenvalue weighted by molar-refractivity contribution is 5.82. The summed E-state index contributed by atoms with van der Waals surface area (Å²) >= 11 is 0. The molecule has 1 aliphatic carbocycles. The van der Waals surface area contributed by atoms with Gasteiger partial charge >= 0.3 is 5.97 Å². The van der Waals surface area contributed by atoms with Crippen LogP contribution in [-0.2, 0) is 4.79 Å². The minimum absolute atomic E-state index is 0.0588. The maximum absolute atomic E-state index is 11.4. The smallest absolute Gasteiger partial charge is 0.326 e. The number of hydrogen-bond donors (Lipinski definition) is 2. The van der Waals surface area contributed by atoms with Crippen molar-refractivity contribution in [2.24, 2.45) is 5.92 Å². The van der Waals surface area contributed by atoms with E-state index in [-0.39, 0.29) is 17.5 Å². The fourth-order valence-corrected chi connectivity index (χ4v) is 3.24. The van der Waals surface area contributed by atoms with Crippen molar-refractivity contribution in [1.82, 2.24) is 0 Å². The first-order chi connectivity index (χ1) is 9.50. The molecule has 1 heterocycles. The predicted molar refractivity (Wildman–Crippen MR) is 72.9 cm³/mol. The monoisotopic (exact) mass is 274 g/mol. The molecule has 0 aromatic heterocycles. The summed E-state index contributed by atoms with van der Waals surface area (Å²) < 4.78 is 0. The summed E-state index contributed by atoms with van der Waals surface area (Å²) in [5, 5.41) is 23.6. The Kier molecular flexibility index (Phi) is 2.74. The Morgan fingerprint density at radius 2 is 2.25 bits per heavy atom. The standard InChI is InChI=1S/C14H14N2O4/c1-7-5-6-10(16(19)20)11-8-3-2-4-9(8)13(14(17)18)15-12(7)11/h2-3,5-6,8-9,13,15H,4H2,1H3,(H,17,18)/t8-,9-,13+/m1/s1. The van der Waals surface area contributed by atoms with Gasteiger partial charge in [0.05, 0.1) is 10.5 Å². The van der Waals surface area contributed by atoms with Crippen molar-refractivity contribution in [1.29, 1.82) is 0 Å². The van der Waals surface area contributed by atoms with E-state index >= 15 is 0 Å². The third kappa shape index (κ3) is 1.68. The molecule has 20 heavy (non-hydrogen) atoms. The zero-order valence-corrected chi connectivity index (χ0v) is 10.9. The number of carbonyl (C=O) groups is 1. The van der Waals surface area contributed by atoms with E-state index in [4.69, 9.17) is 0 Å². The predicted octanol–water partition coefficient (Wildman–Crippen LogP) is 2.44. The van der Waals surface area contributed by atoms with Crippen LogP contribution in [0.25, 0.3) is 0 Å². The number of nitrogens with zero attached hydrogens (tertiary/aromatic N) is 1. The van der Waals surface area contributed by atoms with E-state index in [1.165, 1.54) is 6.07 Å². The number of hydrogen-bond acceptors (Lipinski definition) is 4. The first-order valence-corrected chi connectivity index (χ1v) is 6.44. The van der Waals surface area contributed by atoms with Gasteiger partial charge in [0.15, 0.2) is 0 Å². The average Bonchev–Trinajstić information content (AvgIpc) is 2.86. The molecular weight excluding hydrogens is 260 g/mol. The first-order valence-electron chi connectivity index (χ1n) is 6.44. The Labute approximate surface area is 115 Å². The second-order valence-corrected chi connectivity index (χ2v) is 5.26. The minimum atomic E-state index is -0.916. The van der Waals surface area contributed by atoms with Crippen molar-refractivity contribution >= 4 is 17.3 Å². The molecule has 0 saturated carbocycles. The van der Waals surface area contributed by atoms with Gasteiger partial charge in [0.2, 0.25) is 0 Å². The minimum Gasteiger partial charge on any atom is -0.480 e. The Bertz CT molecular complexity index is 638. The number of fused-ring (bicyclic) bond motifs is 3. The van der Waals surface area contributed by atoms with Gasteiger partial charge in [-0.25, -0.2) is 4.79 Å². The van der Waals surface area contributed by atoms with Crippen molar-refractivity contribution in [3.8, 4) is 0 Å².